The van der Waals surface area contributed by atoms with Gasteiger partial charge in [-0.2, -0.15) is 0 Å². The third kappa shape index (κ3) is 3.10. The molecular formula is C17H22O. The summed E-state index contributed by atoms with van der Waals surface area (Å²) in [7, 11) is 0. The minimum atomic E-state index is 0.241. The van der Waals surface area contributed by atoms with Crippen LogP contribution in [-0.2, 0) is 4.79 Å². The number of Topliss-reactive ketones (excluding diaryl/α,β-unsaturated/α-hetero) is 1. The molecule has 1 fully saturated rings. The predicted octanol–water partition coefficient (Wildman–Crippen LogP) is 4.55. The normalized spacial score (nSPS) is 17.8. The number of benzene rings is 1. The highest BCUT2D eigenvalue weighted by Crippen LogP contribution is 2.31. The summed E-state index contributed by atoms with van der Waals surface area (Å²) in [4.78, 5) is 11.9. The van der Waals surface area contributed by atoms with Crippen molar-refractivity contribution in [3.05, 3.63) is 41.0 Å². The van der Waals surface area contributed by atoms with Crippen LogP contribution < -0.4 is 0 Å². The van der Waals surface area contributed by atoms with E-state index in [1.807, 2.05) is 12.1 Å². The molecule has 1 aromatic carbocycles. The van der Waals surface area contributed by atoms with Crippen LogP contribution in [0, 0.1) is 12.8 Å². The van der Waals surface area contributed by atoms with Gasteiger partial charge in [0.25, 0.3) is 0 Å². The Morgan fingerprint density at radius 3 is 2.44 bits per heavy atom. The first-order valence-electron chi connectivity index (χ1n) is 6.96. The van der Waals surface area contributed by atoms with Crippen LogP contribution in [0.5, 0.6) is 0 Å². The smallest absolute Gasteiger partial charge is 0.156 e. The molecular weight excluding hydrogens is 220 g/mol. The fourth-order valence-electron chi connectivity index (χ4n) is 2.84. The lowest BCUT2D eigenvalue weighted by atomic mass is 9.81. The first-order valence-corrected chi connectivity index (χ1v) is 6.96. The molecule has 1 heteroatoms. The van der Waals surface area contributed by atoms with E-state index < -0.39 is 0 Å². The summed E-state index contributed by atoms with van der Waals surface area (Å²) in [6.45, 7) is 3.81. The van der Waals surface area contributed by atoms with Crippen LogP contribution >= 0.6 is 0 Å². The van der Waals surface area contributed by atoms with Gasteiger partial charge in [0.05, 0.1) is 0 Å². The van der Waals surface area contributed by atoms with Crippen molar-refractivity contribution in [2.24, 2.45) is 5.92 Å². The zero-order valence-corrected chi connectivity index (χ0v) is 11.4. The minimum absolute atomic E-state index is 0.241. The third-order valence-corrected chi connectivity index (χ3v) is 3.95. The molecule has 96 valence electrons. The monoisotopic (exact) mass is 242 g/mol. The summed E-state index contributed by atoms with van der Waals surface area (Å²) in [6, 6.07) is 8.28. The number of hydrogen-bond acceptors (Lipinski definition) is 1. The summed E-state index contributed by atoms with van der Waals surface area (Å²) >= 11 is 0. The van der Waals surface area contributed by atoms with E-state index in [0.717, 1.165) is 5.57 Å². The Bertz CT molecular complexity index is 450. The summed E-state index contributed by atoms with van der Waals surface area (Å²) in [5, 5.41) is 0. The summed E-state index contributed by atoms with van der Waals surface area (Å²) in [5.41, 5.74) is 3.46. The van der Waals surface area contributed by atoms with Gasteiger partial charge in [-0.3, -0.25) is 4.79 Å². The number of carbonyl (C=O) groups is 1. The summed E-state index contributed by atoms with van der Waals surface area (Å²) < 4.78 is 0. The van der Waals surface area contributed by atoms with Crippen LogP contribution in [-0.4, -0.2) is 5.78 Å². The Morgan fingerprint density at radius 2 is 1.83 bits per heavy atom. The molecule has 1 aliphatic rings. The molecule has 18 heavy (non-hydrogen) atoms. The number of allylic oxidation sites excluding steroid dienone is 1. The molecule has 0 radical (unpaired) electrons. The molecule has 1 aromatic rings. The van der Waals surface area contributed by atoms with Gasteiger partial charge in [-0.25, -0.2) is 0 Å². The Labute approximate surface area is 110 Å². The second-order valence-corrected chi connectivity index (χ2v) is 5.35. The highest BCUT2D eigenvalue weighted by molar-refractivity contribution is 5.98. The zero-order chi connectivity index (χ0) is 13.0. The highest BCUT2D eigenvalue weighted by atomic mass is 16.1. The maximum Gasteiger partial charge on any atom is 0.156 e. The van der Waals surface area contributed by atoms with Crippen LogP contribution in [0.15, 0.2) is 29.8 Å². The lowest BCUT2D eigenvalue weighted by Crippen LogP contribution is -2.14. The third-order valence-electron chi connectivity index (χ3n) is 3.95. The molecule has 0 saturated heterocycles. The van der Waals surface area contributed by atoms with Crippen molar-refractivity contribution in [3.8, 4) is 0 Å². The summed E-state index contributed by atoms with van der Waals surface area (Å²) in [6.07, 6.45) is 8.33. The van der Waals surface area contributed by atoms with E-state index in [2.05, 4.69) is 25.1 Å². The largest absolute Gasteiger partial charge is 0.295 e. The molecule has 0 atom stereocenters. The van der Waals surface area contributed by atoms with Crippen molar-refractivity contribution in [2.75, 3.05) is 0 Å². The van der Waals surface area contributed by atoms with E-state index in [4.69, 9.17) is 0 Å². The van der Waals surface area contributed by atoms with E-state index in [1.54, 1.807) is 6.92 Å². The van der Waals surface area contributed by atoms with Gasteiger partial charge >= 0.3 is 0 Å². The molecule has 0 N–H and O–H groups in total. The average Bonchev–Trinajstić information content (AvgIpc) is 2.38. The quantitative estimate of drug-likeness (QED) is 0.711. The number of carbonyl (C=O) groups excluding carboxylic acids is 1. The van der Waals surface area contributed by atoms with Gasteiger partial charge in [-0.05, 0) is 55.4 Å². The van der Waals surface area contributed by atoms with Crippen molar-refractivity contribution in [1.29, 1.82) is 0 Å². The van der Waals surface area contributed by atoms with E-state index in [0.29, 0.717) is 5.92 Å². The fourth-order valence-corrected chi connectivity index (χ4v) is 2.84. The molecule has 0 spiro atoms. The Kier molecular flexibility index (Phi) is 4.35. The second kappa shape index (κ2) is 5.99. The van der Waals surface area contributed by atoms with Gasteiger partial charge in [0.1, 0.15) is 0 Å². The zero-order valence-electron chi connectivity index (χ0n) is 11.4. The first kappa shape index (κ1) is 13.1. The topological polar surface area (TPSA) is 17.1 Å². The maximum atomic E-state index is 11.9. The SMILES string of the molecule is CC(=O)/C(=C\c1ccccc1C)C1CCCCC1. The summed E-state index contributed by atoms with van der Waals surface area (Å²) in [5.74, 6) is 0.723. The van der Waals surface area contributed by atoms with Gasteiger partial charge in [0.2, 0.25) is 0 Å². The number of ketones is 1. The molecule has 1 saturated carbocycles. The lowest BCUT2D eigenvalue weighted by molar-refractivity contribution is -0.114. The molecule has 2 rings (SSSR count). The van der Waals surface area contributed by atoms with E-state index in [1.165, 1.54) is 43.2 Å². The van der Waals surface area contributed by atoms with E-state index in [-0.39, 0.29) is 5.78 Å². The van der Waals surface area contributed by atoms with Crippen LogP contribution in [0.2, 0.25) is 0 Å². The number of rotatable bonds is 3. The molecule has 0 heterocycles. The Hall–Kier alpha value is -1.37. The fraction of sp³-hybridized carbons (Fsp3) is 0.471. The second-order valence-electron chi connectivity index (χ2n) is 5.35. The Balaban J connectivity index is 2.29. The van der Waals surface area contributed by atoms with Gasteiger partial charge in [-0.15, -0.1) is 0 Å². The van der Waals surface area contributed by atoms with Crippen molar-refractivity contribution in [2.45, 2.75) is 46.0 Å². The maximum absolute atomic E-state index is 11.9. The predicted molar refractivity (Wildman–Crippen MR) is 76.4 cm³/mol. The van der Waals surface area contributed by atoms with Crippen LogP contribution in [0.25, 0.3) is 6.08 Å². The number of hydrogen-bond donors (Lipinski definition) is 0. The van der Waals surface area contributed by atoms with Crippen molar-refractivity contribution >= 4 is 11.9 Å². The van der Waals surface area contributed by atoms with Gasteiger partial charge < -0.3 is 0 Å². The van der Waals surface area contributed by atoms with E-state index in [9.17, 15) is 4.79 Å². The molecule has 0 amide bonds. The van der Waals surface area contributed by atoms with Crippen molar-refractivity contribution in [1.82, 2.24) is 0 Å². The molecule has 0 aliphatic heterocycles. The van der Waals surface area contributed by atoms with Gasteiger partial charge in [-0.1, -0.05) is 43.5 Å². The molecule has 0 aromatic heterocycles. The lowest BCUT2D eigenvalue weighted by Gasteiger charge is -2.23. The molecule has 0 bridgehead atoms. The van der Waals surface area contributed by atoms with Crippen molar-refractivity contribution in [3.63, 3.8) is 0 Å². The average molecular weight is 242 g/mol. The van der Waals surface area contributed by atoms with Gasteiger partial charge in [0, 0.05) is 0 Å². The molecule has 1 aliphatic carbocycles. The number of aryl methyl sites for hydroxylation is 1. The standard InChI is InChI=1S/C17H22O/c1-13-8-6-7-11-16(13)12-17(14(2)18)15-9-4-3-5-10-15/h6-8,11-12,15H,3-5,9-10H2,1-2H3/b17-12+. The highest BCUT2D eigenvalue weighted by Gasteiger charge is 2.20. The molecule has 0 unspecified atom stereocenters. The minimum Gasteiger partial charge on any atom is -0.295 e. The first-order chi connectivity index (χ1) is 8.68. The van der Waals surface area contributed by atoms with E-state index >= 15 is 0 Å². The van der Waals surface area contributed by atoms with Gasteiger partial charge in [0.15, 0.2) is 5.78 Å². The van der Waals surface area contributed by atoms with Crippen LogP contribution in [0.4, 0.5) is 0 Å². The van der Waals surface area contributed by atoms with Crippen LogP contribution in [0.3, 0.4) is 0 Å². The van der Waals surface area contributed by atoms with Crippen molar-refractivity contribution < 1.29 is 4.79 Å². The van der Waals surface area contributed by atoms with Crippen LogP contribution in [0.1, 0.15) is 50.2 Å². The molecule has 1 nitrogen and oxygen atoms in total. The Morgan fingerprint density at radius 1 is 1.17 bits per heavy atom.